The Labute approximate surface area is 108 Å². The van der Waals surface area contributed by atoms with Crippen molar-refractivity contribution in [1.82, 2.24) is 0 Å². The van der Waals surface area contributed by atoms with Crippen LogP contribution in [0.4, 0.5) is 11.4 Å². The Kier molecular flexibility index (Phi) is 4.67. The molecule has 0 aromatic heterocycles. The molecule has 0 saturated carbocycles. The molecule has 0 bridgehead atoms. The Hall–Kier alpha value is -1.62. The lowest BCUT2D eigenvalue weighted by atomic mass is 9.94. The molecular weight excluding hydrogens is 230 g/mol. The van der Waals surface area contributed by atoms with E-state index in [1.54, 1.807) is 13.0 Å². The fourth-order valence-corrected chi connectivity index (χ4v) is 1.78. The summed E-state index contributed by atoms with van der Waals surface area (Å²) in [5.74, 6) is 0. The van der Waals surface area contributed by atoms with Crippen LogP contribution in [0.1, 0.15) is 32.3 Å². The number of nitrogens with one attached hydrogen (secondary N) is 1. The first-order chi connectivity index (χ1) is 8.43. The van der Waals surface area contributed by atoms with Gasteiger partial charge >= 0.3 is 0 Å². The average Bonchev–Trinajstić information content (AvgIpc) is 2.37. The Morgan fingerprint density at radius 3 is 2.50 bits per heavy atom. The molecule has 0 amide bonds. The SMILES string of the molecule is CCC(N)(CC)CNc1cccc([N+](=O)[O-])c1C. The number of hydrogen-bond donors (Lipinski definition) is 2. The number of anilines is 1. The molecule has 0 aliphatic rings. The summed E-state index contributed by atoms with van der Waals surface area (Å²) in [6.45, 7) is 6.45. The van der Waals surface area contributed by atoms with Crippen molar-refractivity contribution in [3.63, 3.8) is 0 Å². The zero-order valence-electron chi connectivity index (χ0n) is 11.2. The largest absolute Gasteiger partial charge is 0.383 e. The smallest absolute Gasteiger partial charge is 0.274 e. The van der Waals surface area contributed by atoms with Crippen molar-refractivity contribution < 1.29 is 4.92 Å². The van der Waals surface area contributed by atoms with Gasteiger partial charge in [0.2, 0.25) is 0 Å². The van der Waals surface area contributed by atoms with E-state index in [0.29, 0.717) is 12.1 Å². The molecule has 0 radical (unpaired) electrons. The van der Waals surface area contributed by atoms with Crippen molar-refractivity contribution in [2.24, 2.45) is 5.73 Å². The van der Waals surface area contributed by atoms with Crippen LogP contribution in [-0.4, -0.2) is 17.0 Å². The van der Waals surface area contributed by atoms with Crippen LogP contribution in [0.5, 0.6) is 0 Å². The van der Waals surface area contributed by atoms with Crippen LogP contribution < -0.4 is 11.1 Å². The standard InChI is InChI=1S/C13H21N3O2/c1-4-13(14,5-2)9-15-11-7-6-8-12(10(11)3)16(17)18/h6-8,15H,4-5,9,14H2,1-3H3. The molecule has 0 atom stereocenters. The van der Waals surface area contributed by atoms with Gasteiger partial charge in [0.05, 0.1) is 4.92 Å². The van der Waals surface area contributed by atoms with E-state index >= 15 is 0 Å². The summed E-state index contributed by atoms with van der Waals surface area (Å²) in [4.78, 5) is 10.5. The zero-order chi connectivity index (χ0) is 13.8. The zero-order valence-corrected chi connectivity index (χ0v) is 11.2. The van der Waals surface area contributed by atoms with Crippen molar-refractivity contribution in [3.8, 4) is 0 Å². The van der Waals surface area contributed by atoms with Crippen LogP contribution in [0.2, 0.25) is 0 Å². The quantitative estimate of drug-likeness (QED) is 0.601. The molecule has 0 spiro atoms. The molecule has 18 heavy (non-hydrogen) atoms. The Morgan fingerprint density at radius 1 is 1.39 bits per heavy atom. The van der Waals surface area contributed by atoms with E-state index in [1.807, 2.05) is 19.9 Å². The highest BCUT2D eigenvalue weighted by Gasteiger charge is 2.21. The van der Waals surface area contributed by atoms with Crippen molar-refractivity contribution in [2.45, 2.75) is 39.2 Å². The molecule has 5 nitrogen and oxygen atoms in total. The minimum Gasteiger partial charge on any atom is -0.383 e. The molecular formula is C13H21N3O2. The van der Waals surface area contributed by atoms with Gasteiger partial charge in [-0.05, 0) is 25.8 Å². The van der Waals surface area contributed by atoms with Crippen LogP contribution >= 0.6 is 0 Å². The maximum Gasteiger partial charge on any atom is 0.274 e. The summed E-state index contributed by atoms with van der Waals surface area (Å²) < 4.78 is 0. The predicted molar refractivity (Wildman–Crippen MR) is 73.8 cm³/mol. The van der Waals surface area contributed by atoms with Gasteiger partial charge in [-0.2, -0.15) is 0 Å². The van der Waals surface area contributed by atoms with Crippen LogP contribution in [0.25, 0.3) is 0 Å². The predicted octanol–water partition coefficient (Wildman–Crippen LogP) is 2.83. The van der Waals surface area contributed by atoms with Crippen molar-refractivity contribution in [2.75, 3.05) is 11.9 Å². The van der Waals surface area contributed by atoms with Gasteiger partial charge in [0.15, 0.2) is 0 Å². The van der Waals surface area contributed by atoms with Crippen LogP contribution in [0.15, 0.2) is 18.2 Å². The molecule has 0 saturated heterocycles. The minimum absolute atomic E-state index is 0.135. The molecule has 1 aromatic carbocycles. The second-order valence-corrected chi connectivity index (χ2v) is 4.63. The maximum atomic E-state index is 10.8. The Morgan fingerprint density at radius 2 is 2.00 bits per heavy atom. The van der Waals surface area contributed by atoms with Crippen LogP contribution in [-0.2, 0) is 0 Å². The summed E-state index contributed by atoms with van der Waals surface area (Å²) in [5.41, 5.74) is 7.49. The van der Waals surface area contributed by atoms with E-state index in [1.165, 1.54) is 6.07 Å². The first kappa shape index (κ1) is 14.4. The fourth-order valence-electron chi connectivity index (χ4n) is 1.78. The van der Waals surface area contributed by atoms with Gasteiger partial charge in [-0.15, -0.1) is 0 Å². The lowest BCUT2D eigenvalue weighted by Crippen LogP contribution is -2.45. The van der Waals surface area contributed by atoms with Gasteiger partial charge < -0.3 is 11.1 Å². The molecule has 0 aliphatic carbocycles. The number of nitro benzene ring substituents is 1. The molecule has 5 heteroatoms. The van der Waals surface area contributed by atoms with E-state index < -0.39 is 0 Å². The summed E-state index contributed by atoms with van der Waals surface area (Å²) >= 11 is 0. The molecule has 0 aliphatic heterocycles. The molecule has 1 aromatic rings. The molecule has 1 rings (SSSR count). The number of nitro groups is 1. The monoisotopic (exact) mass is 251 g/mol. The highest BCUT2D eigenvalue weighted by Crippen LogP contribution is 2.25. The molecule has 0 fully saturated rings. The second-order valence-electron chi connectivity index (χ2n) is 4.63. The number of nitrogens with zero attached hydrogens (tertiary/aromatic N) is 1. The normalized spacial score (nSPS) is 11.3. The van der Waals surface area contributed by atoms with Crippen molar-refractivity contribution in [1.29, 1.82) is 0 Å². The average molecular weight is 251 g/mol. The van der Waals surface area contributed by atoms with Crippen LogP contribution in [0, 0.1) is 17.0 Å². The third-order valence-corrected chi connectivity index (χ3v) is 3.54. The summed E-state index contributed by atoms with van der Waals surface area (Å²) in [5, 5.41) is 14.1. The lowest BCUT2D eigenvalue weighted by molar-refractivity contribution is -0.385. The summed E-state index contributed by atoms with van der Waals surface area (Å²) in [6.07, 6.45) is 1.73. The second kappa shape index (κ2) is 5.82. The molecule has 3 N–H and O–H groups in total. The third kappa shape index (κ3) is 3.20. The van der Waals surface area contributed by atoms with E-state index in [-0.39, 0.29) is 16.1 Å². The van der Waals surface area contributed by atoms with Crippen molar-refractivity contribution in [3.05, 3.63) is 33.9 Å². The van der Waals surface area contributed by atoms with E-state index in [4.69, 9.17) is 5.73 Å². The van der Waals surface area contributed by atoms with Gasteiger partial charge in [0, 0.05) is 29.4 Å². The molecule has 100 valence electrons. The third-order valence-electron chi connectivity index (χ3n) is 3.54. The van der Waals surface area contributed by atoms with Gasteiger partial charge in [-0.25, -0.2) is 0 Å². The molecule has 0 heterocycles. The Balaban J connectivity index is 2.86. The van der Waals surface area contributed by atoms with E-state index in [2.05, 4.69) is 5.32 Å². The summed E-state index contributed by atoms with van der Waals surface area (Å²) in [7, 11) is 0. The minimum atomic E-state index is -0.365. The maximum absolute atomic E-state index is 10.8. The number of rotatable bonds is 6. The highest BCUT2D eigenvalue weighted by molar-refractivity contribution is 5.59. The number of benzene rings is 1. The van der Waals surface area contributed by atoms with Crippen LogP contribution in [0.3, 0.4) is 0 Å². The summed E-state index contributed by atoms with van der Waals surface area (Å²) in [6, 6.07) is 5.04. The lowest BCUT2D eigenvalue weighted by Gasteiger charge is -2.27. The Bertz CT molecular complexity index is 428. The van der Waals surface area contributed by atoms with Gasteiger partial charge in [-0.3, -0.25) is 10.1 Å². The number of nitrogens with two attached hydrogens (primary N) is 1. The van der Waals surface area contributed by atoms with E-state index in [9.17, 15) is 10.1 Å². The first-order valence-corrected chi connectivity index (χ1v) is 6.20. The topological polar surface area (TPSA) is 81.2 Å². The van der Waals surface area contributed by atoms with Crippen molar-refractivity contribution >= 4 is 11.4 Å². The van der Waals surface area contributed by atoms with Gasteiger partial charge in [0.25, 0.3) is 5.69 Å². The van der Waals surface area contributed by atoms with Gasteiger partial charge in [-0.1, -0.05) is 19.9 Å². The van der Waals surface area contributed by atoms with Gasteiger partial charge in [0.1, 0.15) is 0 Å². The highest BCUT2D eigenvalue weighted by atomic mass is 16.6. The fraction of sp³-hybridized carbons (Fsp3) is 0.538. The first-order valence-electron chi connectivity index (χ1n) is 6.20. The van der Waals surface area contributed by atoms with E-state index in [0.717, 1.165) is 18.5 Å². The molecule has 0 unspecified atom stereocenters. The number of hydrogen-bond acceptors (Lipinski definition) is 4.